The maximum absolute atomic E-state index is 12.9. The first kappa shape index (κ1) is 16.8. The van der Waals surface area contributed by atoms with Gasteiger partial charge >= 0.3 is 0 Å². The summed E-state index contributed by atoms with van der Waals surface area (Å²) in [5, 5.41) is 14.1. The van der Waals surface area contributed by atoms with E-state index in [1.807, 2.05) is 30.3 Å². The predicted molar refractivity (Wildman–Crippen MR) is 102 cm³/mol. The molecule has 0 bridgehead atoms. The highest BCUT2D eigenvalue weighted by atomic mass is 32.1. The number of hydrogen-bond donors (Lipinski definition) is 1. The Labute approximate surface area is 158 Å². The van der Waals surface area contributed by atoms with Crippen LogP contribution in [0.2, 0.25) is 0 Å². The second kappa shape index (κ2) is 6.55. The molecule has 132 valence electrons. The molecule has 0 spiro atoms. The van der Waals surface area contributed by atoms with Crippen molar-refractivity contribution in [3.05, 3.63) is 64.8 Å². The van der Waals surface area contributed by atoms with E-state index in [-0.39, 0.29) is 22.1 Å². The van der Waals surface area contributed by atoms with Gasteiger partial charge in [0.05, 0.1) is 23.0 Å². The van der Waals surface area contributed by atoms with Gasteiger partial charge in [-0.3, -0.25) is 4.79 Å². The Kier molecular flexibility index (Phi) is 4.06. The number of nitrogen functional groups attached to an aromatic ring is 1. The third-order valence-corrected chi connectivity index (χ3v) is 5.09. The Morgan fingerprint density at radius 3 is 2.63 bits per heavy atom. The maximum atomic E-state index is 12.9. The normalized spacial score (nSPS) is 10.7. The van der Waals surface area contributed by atoms with Gasteiger partial charge in [-0.1, -0.05) is 12.1 Å². The van der Waals surface area contributed by atoms with Gasteiger partial charge in [-0.25, -0.2) is 9.67 Å². The molecule has 8 heteroatoms. The average Bonchev–Trinajstić information content (AvgIpc) is 3.28. The molecule has 0 saturated carbocycles. The summed E-state index contributed by atoms with van der Waals surface area (Å²) in [7, 11) is 1.57. The van der Waals surface area contributed by atoms with E-state index < -0.39 is 5.78 Å². The minimum atomic E-state index is -0.424. The first-order chi connectivity index (χ1) is 13.1. The van der Waals surface area contributed by atoms with E-state index >= 15 is 0 Å². The molecule has 27 heavy (non-hydrogen) atoms. The molecule has 2 aromatic carbocycles. The standard InChI is InChI=1S/C19H13N5O2S/c1-26-12-8-6-11(7-9-12)24-18(21)13(10-20)16(23-24)17(25)19-22-14-4-2-3-5-15(14)27-19/h2-9H,21H2,1H3. The molecule has 2 heterocycles. The molecule has 0 radical (unpaired) electrons. The zero-order valence-corrected chi connectivity index (χ0v) is 15.0. The molecule has 0 amide bonds. The maximum Gasteiger partial charge on any atom is 0.243 e. The molecule has 0 aliphatic rings. The Morgan fingerprint density at radius 1 is 1.22 bits per heavy atom. The van der Waals surface area contributed by atoms with Crippen molar-refractivity contribution in [2.24, 2.45) is 0 Å². The second-order valence-electron chi connectivity index (χ2n) is 5.65. The number of ether oxygens (including phenoxy) is 1. The summed E-state index contributed by atoms with van der Waals surface area (Å²) in [6, 6.07) is 16.4. The van der Waals surface area contributed by atoms with E-state index in [1.165, 1.54) is 16.0 Å². The lowest BCUT2D eigenvalue weighted by Crippen LogP contribution is -2.05. The highest BCUT2D eigenvalue weighted by molar-refractivity contribution is 7.20. The summed E-state index contributed by atoms with van der Waals surface area (Å²) in [6.07, 6.45) is 0. The number of nitrogens with two attached hydrogens (primary N) is 1. The largest absolute Gasteiger partial charge is 0.497 e. The molecule has 0 aliphatic carbocycles. The first-order valence-corrected chi connectivity index (χ1v) is 8.77. The molecule has 4 rings (SSSR count). The molecule has 2 aromatic heterocycles. The summed E-state index contributed by atoms with van der Waals surface area (Å²) in [5.41, 5.74) is 7.46. The molecule has 0 fully saturated rings. The first-order valence-electron chi connectivity index (χ1n) is 7.95. The number of nitrogens with zero attached hydrogens (tertiary/aromatic N) is 4. The lowest BCUT2D eigenvalue weighted by atomic mass is 10.2. The molecule has 0 atom stereocenters. The van der Waals surface area contributed by atoms with Crippen LogP contribution in [-0.4, -0.2) is 27.7 Å². The van der Waals surface area contributed by atoms with Gasteiger partial charge in [-0.05, 0) is 36.4 Å². The van der Waals surface area contributed by atoms with E-state index in [0.717, 1.165) is 10.2 Å². The predicted octanol–water partition coefficient (Wildman–Crippen LogP) is 3.18. The Morgan fingerprint density at radius 2 is 1.96 bits per heavy atom. The highest BCUT2D eigenvalue weighted by Gasteiger charge is 2.25. The molecule has 0 aliphatic heterocycles. The van der Waals surface area contributed by atoms with E-state index in [2.05, 4.69) is 10.1 Å². The number of nitriles is 1. The van der Waals surface area contributed by atoms with Gasteiger partial charge in [-0.2, -0.15) is 10.4 Å². The molecule has 0 saturated heterocycles. The third-order valence-electron chi connectivity index (χ3n) is 4.05. The molecule has 7 nitrogen and oxygen atoms in total. The van der Waals surface area contributed by atoms with Crippen LogP contribution in [0.1, 0.15) is 21.1 Å². The van der Waals surface area contributed by atoms with Gasteiger partial charge < -0.3 is 10.5 Å². The van der Waals surface area contributed by atoms with Crippen LogP contribution in [0, 0.1) is 11.3 Å². The van der Waals surface area contributed by atoms with Crippen molar-refractivity contribution < 1.29 is 9.53 Å². The van der Waals surface area contributed by atoms with E-state index in [4.69, 9.17) is 10.5 Å². The number of carbonyl (C=O) groups excluding carboxylic acids is 1. The van der Waals surface area contributed by atoms with Crippen molar-refractivity contribution in [2.75, 3.05) is 12.8 Å². The minimum absolute atomic E-state index is 0.00938. The van der Waals surface area contributed by atoms with Gasteiger partial charge in [0.2, 0.25) is 5.78 Å². The highest BCUT2D eigenvalue weighted by Crippen LogP contribution is 2.27. The number of carbonyl (C=O) groups is 1. The number of thiazole rings is 1. The molecule has 4 aromatic rings. The Balaban J connectivity index is 1.80. The van der Waals surface area contributed by atoms with E-state index in [9.17, 15) is 10.1 Å². The van der Waals surface area contributed by atoms with Crippen molar-refractivity contribution in [3.8, 4) is 17.5 Å². The average molecular weight is 375 g/mol. The zero-order chi connectivity index (χ0) is 19.0. The summed E-state index contributed by atoms with van der Waals surface area (Å²) in [5.74, 6) is 0.356. The summed E-state index contributed by atoms with van der Waals surface area (Å²) in [4.78, 5) is 17.3. The monoisotopic (exact) mass is 375 g/mol. The van der Waals surface area contributed by atoms with Gasteiger partial charge in [0, 0.05) is 0 Å². The number of fused-ring (bicyclic) bond motifs is 1. The lowest BCUT2D eigenvalue weighted by molar-refractivity contribution is 0.103. The number of methoxy groups -OCH3 is 1. The Bertz CT molecular complexity index is 1170. The number of hydrogen-bond acceptors (Lipinski definition) is 7. The second-order valence-corrected chi connectivity index (χ2v) is 6.68. The molecule has 2 N–H and O–H groups in total. The fourth-order valence-electron chi connectivity index (χ4n) is 2.69. The van der Waals surface area contributed by atoms with Gasteiger partial charge in [0.25, 0.3) is 0 Å². The van der Waals surface area contributed by atoms with E-state index in [0.29, 0.717) is 11.4 Å². The fraction of sp³-hybridized carbons (Fsp3) is 0.0526. The quantitative estimate of drug-likeness (QED) is 0.549. The number of aromatic nitrogens is 3. The molecule has 0 unspecified atom stereocenters. The number of para-hydroxylation sites is 1. The fourth-order valence-corrected chi connectivity index (χ4v) is 3.60. The SMILES string of the molecule is COc1ccc(-n2nc(C(=O)c3nc4ccccc4s3)c(C#N)c2N)cc1. The summed E-state index contributed by atoms with van der Waals surface area (Å²) < 4.78 is 7.40. The van der Waals surface area contributed by atoms with Crippen LogP contribution in [-0.2, 0) is 0 Å². The van der Waals surface area contributed by atoms with Crippen molar-refractivity contribution in [2.45, 2.75) is 0 Å². The van der Waals surface area contributed by atoms with Crippen molar-refractivity contribution in [3.63, 3.8) is 0 Å². The third kappa shape index (κ3) is 2.80. The van der Waals surface area contributed by atoms with E-state index in [1.54, 1.807) is 31.4 Å². The smallest absolute Gasteiger partial charge is 0.243 e. The Hall–Kier alpha value is -3.70. The lowest BCUT2D eigenvalue weighted by Gasteiger charge is -2.05. The van der Waals surface area contributed by atoms with Gasteiger partial charge in [0.15, 0.2) is 10.7 Å². The minimum Gasteiger partial charge on any atom is -0.497 e. The van der Waals surface area contributed by atoms with Crippen LogP contribution in [0.15, 0.2) is 48.5 Å². The van der Waals surface area contributed by atoms with Crippen LogP contribution in [0.3, 0.4) is 0 Å². The number of ketones is 1. The van der Waals surface area contributed by atoms with Crippen LogP contribution >= 0.6 is 11.3 Å². The zero-order valence-electron chi connectivity index (χ0n) is 14.2. The van der Waals surface area contributed by atoms with Gasteiger partial charge in [-0.15, -0.1) is 11.3 Å². The molecular formula is C19H13N5O2S. The van der Waals surface area contributed by atoms with Crippen molar-refractivity contribution >= 4 is 33.2 Å². The van der Waals surface area contributed by atoms with Crippen molar-refractivity contribution in [1.82, 2.24) is 14.8 Å². The van der Waals surface area contributed by atoms with Crippen LogP contribution in [0.25, 0.3) is 15.9 Å². The van der Waals surface area contributed by atoms with Crippen LogP contribution < -0.4 is 10.5 Å². The van der Waals surface area contributed by atoms with Crippen LogP contribution in [0.5, 0.6) is 5.75 Å². The number of rotatable bonds is 4. The number of benzene rings is 2. The number of anilines is 1. The summed E-state index contributed by atoms with van der Waals surface area (Å²) >= 11 is 1.26. The van der Waals surface area contributed by atoms with Gasteiger partial charge in [0.1, 0.15) is 23.2 Å². The van der Waals surface area contributed by atoms with Crippen LogP contribution in [0.4, 0.5) is 5.82 Å². The van der Waals surface area contributed by atoms with Crippen molar-refractivity contribution in [1.29, 1.82) is 5.26 Å². The molecular weight excluding hydrogens is 362 g/mol. The summed E-state index contributed by atoms with van der Waals surface area (Å²) in [6.45, 7) is 0. The topological polar surface area (TPSA) is 107 Å².